The molecule has 0 bridgehead atoms. The number of carbonyl (C=O) groups is 3. The van der Waals surface area contributed by atoms with Gasteiger partial charge < -0.3 is 21.4 Å². The van der Waals surface area contributed by atoms with Crippen molar-refractivity contribution in [2.75, 3.05) is 6.54 Å². The second-order valence-corrected chi connectivity index (χ2v) is 8.90. The van der Waals surface area contributed by atoms with Gasteiger partial charge >= 0.3 is 0 Å². The monoisotopic (exact) mass is 410 g/mol. The number of rotatable bonds is 5. The topological polar surface area (TPSA) is 117 Å². The van der Waals surface area contributed by atoms with Crippen LogP contribution in [0.15, 0.2) is 24.3 Å². The highest BCUT2D eigenvalue weighted by Gasteiger charge is 2.43. The molecule has 1 aromatic carbocycles. The van der Waals surface area contributed by atoms with Crippen molar-refractivity contribution in [2.24, 2.45) is 17.6 Å². The molecule has 2 aliphatic carbocycles. The van der Waals surface area contributed by atoms with E-state index in [4.69, 9.17) is 5.73 Å². The fourth-order valence-electron chi connectivity index (χ4n) is 5.15. The average Bonchev–Trinajstić information content (AvgIpc) is 3.09. The van der Waals surface area contributed by atoms with E-state index in [1.165, 1.54) is 6.92 Å². The minimum absolute atomic E-state index is 0.0405. The van der Waals surface area contributed by atoms with Crippen molar-refractivity contribution < 1.29 is 14.4 Å². The third-order valence-electron chi connectivity index (χ3n) is 6.83. The van der Waals surface area contributed by atoms with E-state index in [1.54, 1.807) is 0 Å². The lowest BCUT2D eigenvalue weighted by Gasteiger charge is -2.37. The smallest absolute Gasteiger partial charge is 0.246 e. The number of primary amides is 1. The van der Waals surface area contributed by atoms with Gasteiger partial charge in [0.2, 0.25) is 17.7 Å². The fourth-order valence-corrected chi connectivity index (χ4v) is 5.15. The minimum atomic E-state index is -0.936. The summed E-state index contributed by atoms with van der Waals surface area (Å²) in [6.45, 7) is 2.03. The van der Waals surface area contributed by atoms with Gasteiger partial charge in [0.25, 0.3) is 0 Å². The zero-order valence-corrected chi connectivity index (χ0v) is 17.4. The molecule has 4 rings (SSSR count). The lowest BCUT2D eigenvalue weighted by molar-refractivity contribution is -0.133. The molecule has 30 heavy (non-hydrogen) atoms. The number of para-hydroxylation sites is 1. The Morgan fingerprint density at radius 3 is 2.60 bits per heavy atom. The molecule has 0 spiro atoms. The van der Waals surface area contributed by atoms with Gasteiger partial charge in [-0.2, -0.15) is 0 Å². The first-order chi connectivity index (χ1) is 14.4. The van der Waals surface area contributed by atoms with Crippen molar-refractivity contribution in [3.63, 3.8) is 0 Å². The summed E-state index contributed by atoms with van der Waals surface area (Å²) in [6, 6.07) is 8.08. The number of hydrogen-bond donors (Lipinski definition) is 4. The number of aromatic amines is 1. The quantitative estimate of drug-likeness (QED) is 0.603. The van der Waals surface area contributed by atoms with Gasteiger partial charge in [-0.3, -0.25) is 14.4 Å². The molecule has 1 atom stereocenters. The predicted molar refractivity (Wildman–Crippen MR) is 115 cm³/mol. The highest BCUT2D eigenvalue weighted by Crippen LogP contribution is 2.34. The van der Waals surface area contributed by atoms with E-state index in [2.05, 4.69) is 21.7 Å². The molecule has 160 valence electrons. The molecule has 2 aromatic rings. The van der Waals surface area contributed by atoms with Crippen molar-refractivity contribution in [1.29, 1.82) is 0 Å². The van der Waals surface area contributed by atoms with Crippen LogP contribution in [0.1, 0.15) is 50.3 Å². The Morgan fingerprint density at radius 2 is 1.90 bits per heavy atom. The molecule has 7 heteroatoms. The molecule has 1 saturated carbocycles. The first kappa shape index (κ1) is 20.4. The Kier molecular flexibility index (Phi) is 5.54. The average molecular weight is 411 g/mol. The summed E-state index contributed by atoms with van der Waals surface area (Å²) in [5.41, 5.74) is 7.80. The summed E-state index contributed by atoms with van der Waals surface area (Å²) in [5, 5.41) is 7.19. The lowest BCUT2D eigenvalue weighted by Crippen LogP contribution is -2.61. The van der Waals surface area contributed by atoms with Gasteiger partial charge in [0.05, 0.1) is 0 Å². The number of H-pyrrole nitrogens is 1. The van der Waals surface area contributed by atoms with E-state index in [-0.39, 0.29) is 23.6 Å². The van der Waals surface area contributed by atoms with Gasteiger partial charge in [0.15, 0.2) is 0 Å². The first-order valence-corrected chi connectivity index (χ1v) is 10.8. The number of nitrogens with two attached hydrogens (primary N) is 1. The second kappa shape index (κ2) is 8.13. The number of aryl methyl sites for hydroxylation is 1. The molecule has 3 amide bonds. The summed E-state index contributed by atoms with van der Waals surface area (Å²) in [6.07, 6.45) is 5.08. The Balaban J connectivity index is 1.48. The van der Waals surface area contributed by atoms with Gasteiger partial charge in [0, 0.05) is 42.4 Å². The van der Waals surface area contributed by atoms with Crippen LogP contribution in [-0.4, -0.2) is 34.8 Å². The van der Waals surface area contributed by atoms with Crippen molar-refractivity contribution in [1.82, 2.24) is 15.6 Å². The van der Waals surface area contributed by atoms with Gasteiger partial charge in [0.1, 0.15) is 5.54 Å². The van der Waals surface area contributed by atoms with Crippen LogP contribution in [0.3, 0.4) is 0 Å². The van der Waals surface area contributed by atoms with Crippen LogP contribution < -0.4 is 16.4 Å². The predicted octanol–water partition coefficient (Wildman–Crippen LogP) is 1.94. The summed E-state index contributed by atoms with van der Waals surface area (Å²) in [5.74, 6) is -0.243. The highest BCUT2D eigenvalue weighted by molar-refractivity contribution is 5.93. The first-order valence-electron chi connectivity index (χ1n) is 10.8. The number of amides is 3. The van der Waals surface area contributed by atoms with E-state index in [9.17, 15) is 14.4 Å². The van der Waals surface area contributed by atoms with E-state index < -0.39 is 5.54 Å². The molecule has 5 N–H and O–H groups in total. The summed E-state index contributed by atoms with van der Waals surface area (Å²) >= 11 is 0. The molecular weight excluding hydrogens is 380 g/mol. The molecule has 0 radical (unpaired) electrons. The number of benzene rings is 1. The van der Waals surface area contributed by atoms with Crippen LogP contribution >= 0.6 is 0 Å². The molecule has 0 saturated heterocycles. The van der Waals surface area contributed by atoms with Gasteiger partial charge in [-0.1, -0.05) is 18.2 Å². The largest absolute Gasteiger partial charge is 0.369 e. The standard InChI is InChI=1S/C23H30N4O3/c1-14(28)27-23(22(30)25-13-15-6-8-16(9-7-15)21(24)29)11-10-20-18(12-23)17-4-2-3-5-19(17)26-20/h2-5,15-16,26H,6-13H2,1H3,(H2,24,29)(H,25,30)(H,27,28)/t15?,16?,23-/m1/s1. The normalized spacial score (nSPS) is 26.0. The number of carbonyl (C=O) groups excluding carboxylic acids is 3. The van der Waals surface area contributed by atoms with Crippen molar-refractivity contribution in [3.8, 4) is 0 Å². The zero-order chi connectivity index (χ0) is 21.3. The molecule has 0 aliphatic heterocycles. The van der Waals surface area contributed by atoms with Crippen molar-refractivity contribution in [3.05, 3.63) is 35.5 Å². The highest BCUT2D eigenvalue weighted by atomic mass is 16.2. The van der Waals surface area contributed by atoms with Crippen molar-refractivity contribution >= 4 is 28.6 Å². The summed E-state index contributed by atoms with van der Waals surface area (Å²) in [7, 11) is 0. The van der Waals surface area contributed by atoms with Crippen LogP contribution in [-0.2, 0) is 27.2 Å². The Morgan fingerprint density at radius 1 is 1.17 bits per heavy atom. The molecule has 1 fully saturated rings. The Labute approximate surface area is 176 Å². The SMILES string of the molecule is CC(=O)N[C@]1(C(=O)NCC2CCC(C(N)=O)CC2)CCc2[nH]c3ccccc3c2C1. The third-order valence-corrected chi connectivity index (χ3v) is 6.83. The molecular formula is C23H30N4O3. The molecule has 0 unspecified atom stereocenters. The number of hydrogen-bond acceptors (Lipinski definition) is 3. The van der Waals surface area contributed by atoms with Crippen LogP contribution in [0.2, 0.25) is 0 Å². The Bertz CT molecular complexity index is 974. The maximum absolute atomic E-state index is 13.3. The van der Waals surface area contributed by atoms with Crippen molar-refractivity contribution in [2.45, 2.75) is 57.4 Å². The van der Waals surface area contributed by atoms with E-state index in [1.807, 2.05) is 18.2 Å². The zero-order valence-electron chi connectivity index (χ0n) is 17.4. The maximum atomic E-state index is 13.3. The molecule has 7 nitrogen and oxygen atoms in total. The second-order valence-electron chi connectivity index (χ2n) is 8.90. The summed E-state index contributed by atoms with van der Waals surface area (Å²) in [4.78, 5) is 40.1. The Hall–Kier alpha value is -2.83. The number of fused-ring (bicyclic) bond motifs is 3. The third kappa shape index (κ3) is 3.93. The lowest BCUT2D eigenvalue weighted by atomic mass is 9.78. The molecule has 1 aromatic heterocycles. The van der Waals surface area contributed by atoms with Crippen LogP contribution in [0.4, 0.5) is 0 Å². The molecule has 1 heterocycles. The maximum Gasteiger partial charge on any atom is 0.246 e. The van der Waals surface area contributed by atoms with Gasteiger partial charge in [-0.25, -0.2) is 0 Å². The van der Waals surface area contributed by atoms with Crippen LogP contribution in [0.5, 0.6) is 0 Å². The van der Waals surface area contributed by atoms with Crippen LogP contribution in [0.25, 0.3) is 10.9 Å². The van der Waals surface area contributed by atoms with Gasteiger partial charge in [-0.05, 0) is 56.1 Å². The number of aromatic nitrogens is 1. The van der Waals surface area contributed by atoms with E-state index >= 15 is 0 Å². The fraction of sp³-hybridized carbons (Fsp3) is 0.522. The number of nitrogens with one attached hydrogen (secondary N) is 3. The molecule has 2 aliphatic rings. The van der Waals surface area contributed by atoms with Crippen LogP contribution in [0, 0.1) is 11.8 Å². The van der Waals surface area contributed by atoms with Gasteiger partial charge in [-0.15, -0.1) is 0 Å². The van der Waals surface area contributed by atoms with E-state index in [0.717, 1.165) is 47.8 Å². The minimum Gasteiger partial charge on any atom is -0.369 e. The summed E-state index contributed by atoms with van der Waals surface area (Å²) < 4.78 is 0. The van der Waals surface area contributed by atoms with E-state index in [0.29, 0.717) is 31.7 Å².